The van der Waals surface area contributed by atoms with Crippen LogP contribution in [0.15, 0.2) is 0 Å². The smallest absolute Gasteiger partial charge is 0.283 e. The average molecular weight is 263 g/mol. The second-order valence-electron chi connectivity index (χ2n) is 4.87. The van der Waals surface area contributed by atoms with E-state index in [0.29, 0.717) is 32.2 Å². The van der Waals surface area contributed by atoms with E-state index in [-0.39, 0.29) is 6.61 Å². The molecule has 100 valence electrons. The van der Waals surface area contributed by atoms with Gasteiger partial charge in [0.15, 0.2) is 0 Å². The van der Waals surface area contributed by atoms with Crippen LogP contribution in [0.1, 0.15) is 19.8 Å². The first kappa shape index (κ1) is 13.2. The van der Waals surface area contributed by atoms with Crippen LogP contribution in [-0.2, 0) is 14.9 Å². The fourth-order valence-electron chi connectivity index (χ4n) is 2.40. The van der Waals surface area contributed by atoms with Crippen molar-refractivity contribution in [2.45, 2.75) is 25.9 Å². The Morgan fingerprint density at radius 3 is 2.76 bits per heavy atom. The van der Waals surface area contributed by atoms with E-state index in [1.54, 1.807) is 4.31 Å². The number of morpholine rings is 1. The van der Waals surface area contributed by atoms with Crippen LogP contribution in [0.25, 0.3) is 0 Å². The van der Waals surface area contributed by atoms with Crippen LogP contribution in [0.2, 0.25) is 0 Å². The van der Waals surface area contributed by atoms with Crippen molar-refractivity contribution in [3.05, 3.63) is 0 Å². The van der Waals surface area contributed by atoms with Crippen LogP contribution in [0, 0.1) is 5.92 Å². The minimum atomic E-state index is -3.41. The van der Waals surface area contributed by atoms with E-state index >= 15 is 0 Å². The number of hydrogen-bond acceptors (Lipinski definition) is 4. The SMILES string of the molecule is CC1CCCN(S(=O)(=O)N2CCOCC2N)C1. The van der Waals surface area contributed by atoms with E-state index in [9.17, 15) is 8.42 Å². The van der Waals surface area contributed by atoms with Gasteiger partial charge in [0.2, 0.25) is 0 Å². The lowest BCUT2D eigenvalue weighted by Gasteiger charge is -2.38. The van der Waals surface area contributed by atoms with Gasteiger partial charge >= 0.3 is 0 Å². The van der Waals surface area contributed by atoms with Gasteiger partial charge < -0.3 is 10.5 Å². The van der Waals surface area contributed by atoms with Crippen molar-refractivity contribution in [2.75, 3.05) is 32.8 Å². The highest BCUT2D eigenvalue weighted by Crippen LogP contribution is 2.22. The molecule has 2 saturated heterocycles. The van der Waals surface area contributed by atoms with Crippen molar-refractivity contribution in [3.63, 3.8) is 0 Å². The molecule has 2 fully saturated rings. The zero-order chi connectivity index (χ0) is 12.5. The van der Waals surface area contributed by atoms with Crippen LogP contribution in [0.3, 0.4) is 0 Å². The summed E-state index contributed by atoms with van der Waals surface area (Å²) >= 11 is 0. The quantitative estimate of drug-likeness (QED) is 0.734. The predicted molar refractivity (Wildman–Crippen MR) is 64.4 cm³/mol. The highest BCUT2D eigenvalue weighted by atomic mass is 32.2. The van der Waals surface area contributed by atoms with Gasteiger partial charge in [-0.15, -0.1) is 0 Å². The molecule has 6 nitrogen and oxygen atoms in total. The third-order valence-corrected chi connectivity index (χ3v) is 5.39. The van der Waals surface area contributed by atoms with Gasteiger partial charge in [0.05, 0.1) is 19.4 Å². The third kappa shape index (κ3) is 2.79. The summed E-state index contributed by atoms with van der Waals surface area (Å²) in [5.41, 5.74) is 5.80. The van der Waals surface area contributed by atoms with Crippen molar-refractivity contribution in [2.24, 2.45) is 11.7 Å². The molecule has 2 aliphatic rings. The number of nitrogens with zero attached hydrogens (tertiary/aromatic N) is 2. The van der Waals surface area contributed by atoms with Gasteiger partial charge in [0, 0.05) is 19.6 Å². The minimum absolute atomic E-state index is 0.280. The maximum absolute atomic E-state index is 12.4. The molecule has 2 rings (SSSR count). The standard InChI is InChI=1S/C10H21N3O3S/c1-9-3-2-4-12(7-9)17(14,15)13-5-6-16-8-10(13)11/h9-10H,2-8,11H2,1H3. The molecular weight excluding hydrogens is 242 g/mol. The summed E-state index contributed by atoms with van der Waals surface area (Å²) in [4.78, 5) is 0. The van der Waals surface area contributed by atoms with Crippen molar-refractivity contribution >= 4 is 10.2 Å². The van der Waals surface area contributed by atoms with E-state index in [1.807, 2.05) is 0 Å². The normalized spacial score (nSPS) is 33.8. The summed E-state index contributed by atoms with van der Waals surface area (Å²) < 4.78 is 32.9. The largest absolute Gasteiger partial charge is 0.377 e. The summed E-state index contributed by atoms with van der Waals surface area (Å²) in [6.45, 7) is 4.36. The molecule has 0 aromatic heterocycles. The molecule has 2 unspecified atom stereocenters. The Morgan fingerprint density at radius 1 is 1.35 bits per heavy atom. The molecule has 0 bridgehead atoms. The van der Waals surface area contributed by atoms with Gasteiger partial charge in [-0.05, 0) is 18.8 Å². The number of hydrogen-bond donors (Lipinski definition) is 1. The van der Waals surface area contributed by atoms with E-state index in [2.05, 4.69) is 6.92 Å². The highest BCUT2D eigenvalue weighted by Gasteiger charge is 2.36. The lowest BCUT2D eigenvalue weighted by atomic mass is 10.0. The number of piperidine rings is 1. The number of nitrogens with two attached hydrogens (primary N) is 1. The van der Waals surface area contributed by atoms with Crippen molar-refractivity contribution in [1.82, 2.24) is 8.61 Å². The molecule has 0 saturated carbocycles. The molecule has 17 heavy (non-hydrogen) atoms. The molecule has 0 aromatic carbocycles. The van der Waals surface area contributed by atoms with Gasteiger partial charge in [-0.2, -0.15) is 17.0 Å². The maximum Gasteiger partial charge on any atom is 0.283 e. The molecule has 0 amide bonds. The van der Waals surface area contributed by atoms with Crippen LogP contribution >= 0.6 is 0 Å². The summed E-state index contributed by atoms with van der Waals surface area (Å²) in [6.07, 6.45) is 1.48. The fourth-order valence-corrected chi connectivity index (χ4v) is 4.21. The molecule has 2 heterocycles. The Labute approximate surface area is 103 Å². The summed E-state index contributed by atoms with van der Waals surface area (Å²) in [5.74, 6) is 0.427. The molecule has 0 aromatic rings. The van der Waals surface area contributed by atoms with Crippen LogP contribution in [0.5, 0.6) is 0 Å². The second-order valence-corrected chi connectivity index (χ2v) is 6.75. The van der Waals surface area contributed by atoms with Gasteiger partial charge in [-0.1, -0.05) is 6.92 Å². The van der Waals surface area contributed by atoms with E-state index in [4.69, 9.17) is 10.5 Å². The second kappa shape index (κ2) is 5.19. The zero-order valence-electron chi connectivity index (χ0n) is 10.2. The monoisotopic (exact) mass is 263 g/mol. The Balaban J connectivity index is 2.11. The summed E-state index contributed by atoms with van der Waals surface area (Å²) in [5, 5.41) is 0. The molecule has 0 radical (unpaired) electrons. The zero-order valence-corrected chi connectivity index (χ0v) is 11.0. The van der Waals surface area contributed by atoms with E-state index < -0.39 is 16.4 Å². The third-order valence-electron chi connectivity index (χ3n) is 3.36. The Kier molecular flexibility index (Phi) is 4.04. The van der Waals surface area contributed by atoms with Gasteiger partial charge in [0.1, 0.15) is 0 Å². The molecule has 7 heteroatoms. The fraction of sp³-hybridized carbons (Fsp3) is 1.00. The van der Waals surface area contributed by atoms with Gasteiger partial charge in [-0.25, -0.2) is 0 Å². The van der Waals surface area contributed by atoms with Crippen molar-refractivity contribution < 1.29 is 13.2 Å². The van der Waals surface area contributed by atoms with Gasteiger partial charge in [0.25, 0.3) is 10.2 Å². The molecule has 2 aliphatic heterocycles. The van der Waals surface area contributed by atoms with Crippen LogP contribution < -0.4 is 5.73 Å². The molecule has 0 aliphatic carbocycles. The first-order valence-corrected chi connectivity index (χ1v) is 7.52. The lowest BCUT2D eigenvalue weighted by molar-refractivity contribution is 0.0313. The molecule has 2 N–H and O–H groups in total. The van der Waals surface area contributed by atoms with E-state index in [1.165, 1.54) is 4.31 Å². The highest BCUT2D eigenvalue weighted by molar-refractivity contribution is 7.86. The summed E-state index contributed by atoms with van der Waals surface area (Å²) in [6, 6.07) is 0. The van der Waals surface area contributed by atoms with Crippen LogP contribution in [-0.4, -0.2) is 56.0 Å². The van der Waals surface area contributed by atoms with Crippen molar-refractivity contribution in [1.29, 1.82) is 0 Å². The Bertz CT molecular complexity index is 360. The van der Waals surface area contributed by atoms with Crippen molar-refractivity contribution in [3.8, 4) is 0 Å². The number of ether oxygens (including phenoxy) is 1. The predicted octanol–water partition coefficient (Wildman–Crippen LogP) is -0.420. The maximum atomic E-state index is 12.4. The first-order chi connectivity index (χ1) is 8.01. The molecule has 2 atom stereocenters. The van der Waals surface area contributed by atoms with E-state index in [0.717, 1.165) is 12.8 Å². The minimum Gasteiger partial charge on any atom is -0.377 e. The Morgan fingerprint density at radius 2 is 2.12 bits per heavy atom. The van der Waals surface area contributed by atoms with Gasteiger partial charge in [-0.3, -0.25) is 0 Å². The topological polar surface area (TPSA) is 75.9 Å². The lowest BCUT2D eigenvalue weighted by Crippen LogP contribution is -2.58. The molecular formula is C10H21N3O3S. The molecule has 0 spiro atoms. The van der Waals surface area contributed by atoms with Crippen LogP contribution in [0.4, 0.5) is 0 Å². The number of rotatable bonds is 2. The average Bonchev–Trinajstić information content (AvgIpc) is 2.29. The summed E-state index contributed by atoms with van der Waals surface area (Å²) in [7, 11) is -3.41. The first-order valence-electron chi connectivity index (χ1n) is 6.12. The Hall–Kier alpha value is -0.210.